The summed E-state index contributed by atoms with van der Waals surface area (Å²) in [5.74, 6) is 0. The maximum Gasteiger partial charge on any atom is 0.184 e. The molecule has 1 aliphatic rings. The Labute approximate surface area is 121 Å². The molecule has 112 valence electrons. The molecule has 0 bridgehead atoms. The van der Waals surface area contributed by atoms with Crippen molar-refractivity contribution in [2.24, 2.45) is 0 Å². The molecule has 19 heavy (non-hydrogen) atoms. The van der Waals surface area contributed by atoms with Crippen molar-refractivity contribution in [3.05, 3.63) is 11.6 Å². The first-order valence-corrected chi connectivity index (χ1v) is 14.4. The van der Waals surface area contributed by atoms with Gasteiger partial charge in [0.05, 0.1) is 12.2 Å². The van der Waals surface area contributed by atoms with Crippen LogP contribution in [-0.2, 0) is 8.85 Å². The van der Waals surface area contributed by atoms with Crippen LogP contribution in [0.4, 0.5) is 0 Å². The molecule has 2 atom stereocenters. The summed E-state index contributed by atoms with van der Waals surface area (Å²) in [6.45, 7) is 15.9. The van der Waals surface area contributed by atoms with Crippen LogP contribution in [0.3, 0.4) is 0 Å². The van der Waals surface area contributed by atoms with E-state index in [0.717, 1.165) is 25.7 Å². The summed E-state index contributed by atoms with van der Waals surface area (Å²) in [5, 5.41) is 0. The minimum Gasteiger partial charge on any atom is -0.412 e. The van der Waals surface area contributed by atoms with Crippen molar-refractivity contribution < 1.29 is 8.85 Å². The van der Waals surface area contributed by atoms with E-state index >= 15 is 0 Å². The molecule has 0 aromatic heterocycles. The maximum atomic E-state index is 6.43. The highest BCUT2D eigenvalue weighted by atomic mass is 28.4. The first-order chi connectivity index (χ1) is 8.57. The molecule has 0 radical (unpaired) electrons. The van der Waals surface area contributed by atoms with Gasteiger partial charge in [-0.2, -0.15) is 0 Å². The number of allylic oxidation sites excluding steroid dienone is 2. The molecule has 1 rings (SSSR count). The van der Waals surface area contributed by atoms with Crippen LogP contribution in [0.15, 0.2) is 11.6 Å². The van der Waals surface area contributed by atoms with Gasteiger partial charge in [-0.1, -0.05) is 11.6 Å². The summed E-state index contributed by atoms with van der Waals surface area (Å²) in [5.41, 5.74) is 1.51. The van der Waals surface area contributed by atoms with Crippen molar-refractivity contribution in [3.63, 3.8) is 0 Å². The van der Waals surface area contributed by atoms with Crippen LogP contribution in [0.1, 0.15) is 32.6 Å². The number of rotatable bonds is 4. The van der Waals surface area contributed by atoms with Crippen molar-refractivity contribution in [3.8, 4) is 0 Å². The zero-order valence-corrected chi connectivity index (χ0v) is 15.9. The molecule has 0 aromatic rings. The van der Waals surface area contributed by atoms with E-state index in [0.29, 0.717) is 12.2 Å². The highest BCUT2D eigenvalue weighted by Crippen LogP contribution is 2.27. The van der Waals surface area contributed by atoms with Crippen molar-refractivity contribution in [1.82, 2.24) is 0 Å². The van der Waals surface area contributed by atoms with Crippen LogP contribution in [0.2, 0.25) is 39.3 Å². The van der Waals surface area contributed by atoms with Gasteiger partial charge in [0.2, 0.25) is 0 Å². The molecule has 0 saturated carbocycles. The third-order valence-corrected chi connectivity index (χ3v) is 5.21. The first kappa shape index (κ1) is 17.1. The number of hydrogen-bond acceptors (Lipinski definition) is 2. The molecule has 0 aliphatic heterocycles. The molecule has 2 unspecified atom stereocenters. The quantitative estimate of drug-likeness (QED) is 0.540. The molecular weight excluding hydrogens is 268 g/mol. The Hall–Kier alpha value is 0.0938. The molecule has 0 aromatic carbocycles. The highest BCUT2D eigenvalue weighted by Gasteiger charge is 2.32. The molecule has 0 heterocycles. The number of hydrogen-bond donors (Lipinski definition) is 0. The van der Waals surface area contributed by atoms with Gasteiger partial charge in [0.15, 0.2) is 16.6 Å². The third-order valence-electron chi connectivity index (χ3n) is 3.19. The summed E-state index contributed by atoms with van der Waals surface area (Å²) in [6.07, 6.45) is 7.47. The average molecular weight is 301 g/mol. The largest absolute Gasteiger partial charge is 0.412 e. The second kappa shape index (κ2) is 6.70. The molecule has 0 saturated heterocycles. The van der Waals surface area contributed by atoms with Crippen molar-refractivity contribution in [1.29, 1.82) is 0 Å². The Kier molecular flexibility index (Phi) is 6.05. The molecule has 4 heteroatoms. The third kappa shape index (κ3) is 7.44. The summed E-state index contributed by atoms with van der Waals surface area (Å²) in [7, 11) is -3.01. The molecule has 2 nitrogen and oxygen atoms in total. The van der Waals surface area contributed by atoms with Gasteiger partial charge in [0.25, 0.3) is 0 Å². The van der Waals surface area contributed by atoms with Gasteiger partial charge in [-0.15, -0.1) is 0 Å². The second-order valence-corrected chi connectivity index (χ2v) is 16.6. The van der Waals surface area contributed by atoms with E-state index in [4.69, 9.17) is 8.85 Å². The average Bonchev–Trinajstić information content (AvgIpc) is 2.17. The van der Waals surface area contributed by atoms with Crippen LogP contribution in [0, 0.1) is 0 Å². The Morgan fingerprint density at radius 2 is 1.37 bits per heavy atom. The van der Waals surface area contributed by atoms with Gasteiger partial charge in [-0.3, -0.25) is 0 Å². The monoisotopic (exact) mass is 300 g/mol. The zero-order valence-electron chi connectivity index (χ0n) is 13.9. The normalized spacial score (nSPS) is 29.3. The molecule has 0 fully saturated rings. The highest BCUT2D eigenvalue weighted by molar-refractivity contribution is 6.70. The van der Waals surface area contributed by atoms with E-state index in [1.807, 2.05) is 0 Å². The lowest BCUT2D eigenvalue weighted by Crippen LogP contribution is -2.44. The Bertz CT molecular complexity index is 313. The summed E-state index contributed by atoms with van der Waals surface area (Å²) >= 11 is 0. The fraction of sp³-hybridized carbons (Fsp3) is 0.867. The van der Waals surface area contributed by atoms with Crippen LogP contribution in [0.25, 0.3) is 0 Å². The fourth-order valence-corrected chi connectivity index (χ4v) is 4.87. The smallest absolute Gasteiger partial charge is 0.184 e. The topological polar surface area (TPSA) is 18.5 Å². The maximum absolute atomic E-state index is 6.43. The molecular formula is C15H32O2Si2. The lowest BCUT2D eigenvalue weighted by atomic mass is 9.97. The van der Waals surface area contributed by atoms with Crippen LogP contribution in [-0.4, -0.2) is 28.8 Å². The molecule has 0 N–H and O–H groups in total. The standard InChI is InChI=1S/C15H32O2Si2/c1-13-9-8-10-14(16-18(2,3)4)15(12-11-13)17-19(5,6)7/h9,14-15H,8,10-12H2,1-7H3/b13-9-. The van der Waals surface area contributed by atoms with Crippen molar-refractivity contribution >= 4 is 16.6 Å². The Morgan fingerprint density at radius 3 is 1.84 bits per heavy atom. The lowest BCUT2D eigenvalue weighted by molar-refractivity contribution is 0.0327. The minimum absolute atomic E-state index is 0.294. The van der Waals surface area contributed by atoms with E-state index in [1.54, 1.807) is 0 Å². The van der Waals surface area contributed by atoms with E-state index in [2.05, 4.69) is 52.3 Å². The predicted molar refractivity (Wildman–Crippen MR) is 88.7 cm³/mol. The van der Waals surface area contributed by atoms with Crippen LogP contribution in [0.5, 0.6) is 0 Å². The molecule has 1 aliphatic carbocycles. The molecule has 0 spiro atoms. The van der Waals surface area contributed by atoms with Crippen LogP contribution < -0.4 is 0 Å². The minimum atomic E-state index is -1.51. The lowest BCUT2D eigenvalue weighted by Gasteiger charge is -2.37. The van der Waals surface area contributed by atoms with Gasteiger partial charge in [-0.05, 0) is 71.9 Å². The van der Waals surface area contributed by atoms with Crippen molar-refractivity contribution in [2.45, 2.75) is 84.1 Å². The Morgan fingerprint density at radius 1 is 0.895 bits per heavy atom. The van der Waals surface area contributed by atoms with Gasteiger partial charge >= 0.3 is 0 Å². The molecule has 0 amide bonds. The van der Waals surface area contributed by atoms with Gasteiger partial charge in [0.1, 0.15) is 0 Å². The summed E-state index contributed by atoms with van der Waals surface area (Å²) < 4.78 is 12.8. The zero-order chi connectivity index (χ0) is 14.7. The van der Waals surface area contributed by atoms with Crippen molar-refractivity contribution in [2.75, 3.05) is 0 Å². The van der Waals surface area contributed by atoms with Crippen LogP contribution >= 0.6 is 0 Å². The van der Waals surface area contributed by atoms with E-state index < -0.39 is 16.6 Å². The summed E-state index contributed by atoms with van der Waals surface area (Å²) in [4.78, 5) is 0. The Balaban J connectivity index is 2.79. The SMILES string of the molecule is C/C1=C/CCC(O[Si](C)(C)C)C(O[Si](C)(C)C)CC1. The summed E-state index contributed by atoms with van der Waals surface area (Å²) in [6, 6.07) is 0. The van der Waals surface area contributed by atoms with E-state index in [-0.39, 0.29) is 0 Å². The second-order valence-electron chi connectivity index (χ2n) is 7.70. The van der Waals surface area contributed by atoms with E-state index in [1.165, 1.54) is 5.57 Å². The van der Waals surface area contributed by atoms with E-state index in [9.17, 15) is 0 Å². The van der Waals surface area contributed by atoms with Gasteiger partial charge in [0, 0.05) is 0 Å². The predicted octanol–water partition coefficient (Wildman–Crippen LogP) is 4.95. The van der Waals surface area contributed by atoms with Gasteiger partial charge < -0.3 is 8.85 Å². The van der Waals surface area contributed by atoms with Gasteiger partial charge in [-0.25, -0.2) is 0 Å². The first-order valence-electron chi connectivity index (χ1n) is 7.58. The fourth-order valence-electron chi connectivity index (χ4n) is 2.52.